The lowest BCUT2D eigenvalue weighted by molar-refractivity contribution is 0.0734. The summed E-state index contributed by atoms with van der Waals surface area (Å²) in [7, 11) is 0. The lowest BCUT2D eigenvalue weighted by Crippen LogP contribution is -2.09. The first-order chi connectivity index (χ1) is 13.6. The fourth-order valence-electron chi connectivity index (χ4n) is 2.53. The predicted molar refractivity (Wildman–Crippen MR) is 112 cm³/mol. The highest BCUT2D eigenvalue weighted by Gasteiger charge is 2.09. The van der Waals surface area contributed by atoms with Gasteiger partial charge in [0.05, 0.1) is 18.8 Å². The van der Waals surface area contributed by atoms with Crippen LogP contribution in [0.5, 0.6) is 17.2 Å². The molecule has 0 aromatic heterocycles. The molecule has 0 fully saturated rings. The van der Waals surface area contributed by atoms with Gasteiger partial charge in [0.15, 0.2) is 0 Å². The van der Waals surface area contributed by atoms with E-state index in [9.17, 15) is 4.79 Å². The SMILES string of the molecule is CCCCCCOc1ccc(C(=O)Oc2ccc(OCC(C)CC)cc2)cc1. The number of ether oxygens (including phenoxy) is 3. The lowest BCUT2D eigenvalue weighted by Gasteiger charge is -2.11. The molecule has 0 bridgehead atoms. The summed E-state index contributed by atoms with van der Waals surface area (Å²) in [6.45, 7) is 7.87. The molecule has 0 aliphatic carbocycles. The number of carbonyl (C=O) groups excluding carboxylic acids is 1. The lowest BCUT2D eigenvalue weighted by atomic mass is 10.1. The molecule has 0 amide bonds. The molecule has 1 atom stereocenters. The van der Waals surface area contributed by atoms with Crippen LogP contribution in [0.15, 0.2) is 48.5 Å². The van der Waals surface area contributed by atoms with Crippen LogP contribution in [0.25, 0.3) is 0 Å². The summed E-state index contributed by atoms with van der Waals surface area (Å²) in [6.07, 6.45) is 5.76. The normalized spacial score (nSPS) is 11.7. The zero-order chi connectivity index (χ0) is 20.2. The van der Waals surface area contributed by atoms with Gasteiger partial charge in [-0.15, -0.1) is 0 Å². The minimum Gasteiger partial charge on any atom is -0.494 e. The van der Waals surface area contributed by atoms with Crippen molar-refractivity contribution in [3.63, 3.8) is 0 Å². The van der Waals surface area contributed by atoms with E-state index in [-0.39, 0.29) is 5.97 Å². The third kappa shape index (κ3) is 7.63. The molecule has 0 saturated heterocycles. The van der Waals surface area contributed by atoms with Crippen molar-refractivity contribution in [2.24, 2.45) is 5.92 Å². The molecule has 4 nitrogen and oxygen atoms in total. The highest BCUT2D eigenvalue weighted by Crippen LogP contribution is 2.20. The first kappa shape index (κ1) is 21.8. The molecule has 0 heterocycles. The summed E-state index contributed by atoms with van der Waals surface area (Å²) < 4.78 is 16.8. The van der Waals surface area contributed by atoms with Crippen LogP contribution in [0.1, 0.15) is 63.2 Å². The molecule has 0 N–H and O–H groups in total. The van der Waals surface area contributed by atoms with Gasteiger partial charge in [0.1, 0.15) is 17.2 Å². The predicted octanol–water partition coefficient (Wildman–Crippen LogP) is 6.29. The standard InChI is InChI=1S/C24H32O4/c1-4-6-7-8-17-26-21-11-9-20(10-12-21)24(25)28-23-15-13-22(14-16-23)27-18-19(3)5-2/h9-16,19H,4-8,17-18H2,1-3H3. The zero-order valence-corrected chi connectivity index (χ0v) is 17.3. The van der Waals surface area contributed by atoms with E-state index in [0.717, 1.165) is 24.3 Å². The Bertz CT molecular complexity index is 692. The molecule has 2 aromatic rings. The van der Waals surface area contributed by atoms with E-state index in [4.69, 9.17) is 14.2 Å². The molecule has 2 rings (SSSR count). The number of unbranched alkanes of at least 4 members (excludes halogenated alkanes) is 3. The van der Waals surface area contributed by atoms with Crippen molar-refractivity contribution < 1.29 is 19.0 Å². The van der Waals surface area contributed by atoms with Gasteiger partial charge in [-0.1, -0.05) is 46.5 Å². The van der Waals surface area contributed by atoms with Gasteiger partial charge < -0.3 is 14.2 Å². The Hall–Kier alpha value is -2.49. The van der Waals surface area contributed by atoms with E-state index in [0.29, 0.717) is 30.4 Å². The summed E-state index contributed by atoms with van der Waals surface area (Å²) in [5.41, 5.74) is 0.496. The number of hydrogen-bond donors (Lipinski definition) is 0. The molecule has 0 spiro atoms. The Balaban J connectivity index is 1.80. The maximum absolute atomic E-state index is 12.3. The fourth-order valence-corrected chi connectivity index (χ4v) is 2.53. The molecule has 28 heavy (non-hydrogen) atoms. The highest BCUT2D eigenvalue weighted by molar-refractivity contribution is 5.91. The Morgan fingerprint density at radius 2 is 1.43 bits per heavy atom. The molecule has 152 valence electrons. The number of rotatable bonds is 12. The summed E-state index contributed by atoms with van der Waals surface area (Å²) in [4.78, 5) is 12.3. The van der Waals surface area contributed by atoms with E-state index in [2.05, 4.69) is 20.8 Å². The van der Waals surface area contributed by atoms with Crippen LogP contribution in [-0.4, -0.2) is 19.2 Å². The monoisotopic (exact) mass is 384 g/mol. The second-order valence-corrected chi connectivity index (χ2v) is 7.12. The summed E-state index contributed by atoms with van der Waals surface area (Å²) in [5.74, 6) is 2.18. The van der Waals surface area contributed by atoms with Gasteiger partial charge >= 0.3 is 5.97 Å². The third-order valence-corrected chi connectivity index (χ3v) is 4.62. The van der Waals surface area contributed by atoms with E-state index in [1.54, 1.807) is 24.3 Å². The second-order valence-electron chi connectivity index (χ2n) is 7.12. The molecule has 1 unspecified atom stereocenters. The first-order valence-corrected chi connectivity index (χ1v) is 10.3. The number of esters is 1. The van der Waals surface area contributed by atoms with Crippen LogP contribution >= 0.6 is 0 Å². The maximum atomic E-state index is 12.3. The van der Waals surface area contributed by atoms with Crippen molar-refractivity contribution in [1.29, 1.82) is 0 Å². The van der Waals surface area contributed by atoms with Crippen molar-refractivity contribution >= 4 is 5.97 Å². The van der Waals surface area contributed by atoms with E-state index in [1.165, 1.54) is 19.3 Å². The van der Waals surface area contributed by atoms with E-state index >= 15 is 0 Å². The number of carbonyl (C=O) groups is 1. The maximum Gasteiger partial charge on any atom is 0.343 e. The summed E-state index contributed by atoms with van der Waals surface area (Å²) in [6, 6.07) is 14.2. The largest absolute Gasteiger partial charge is 0.494 e. The zero-order valence-electron chi connectivity index (χ0n) is 17.3. The van der Waals surface area contributed by atoms with Gasteiger partial charge in [-0.2, -0.15) is 0 Å². The van der Waals surface area contributed by atoms with Crippen LogP contribution in [0.4, 0.5) is 0 Å². The Kier molecular flexibility index (Phi) is 9.40. The minimum absolute atomic E-state index is 0.386. The van der Waals surface area contributed by atoms with Gasteiger partial charge in [-0.3, -0.25) is 0 Å². The molecule has 0 radical (unpaired) electrons. The van der Waals surface area contributed by atoms with Gasteiger partial charge in [-0.25, -0.2) is 4.79 Å². The average Bonchev–Trinajstić information content (AvgIpc) is 2.73. The van der Waals surface area contributed by atoms with E-state index < -0.39 is 0 Å². The van der Waals surface area contributed by atoms with Crippen LogP contribution in [0, 0.1) is 5.92 Å². The van der Waals surface area contributed by atoms with Crippen LogP contribution in [0.2, 0.25) is 0 Å². The van der Waals surface area contributed by atoms with E-state index in [1.807, 2.05) is 24.3 Å². The van der Waals surface area contributed by atoms with Gasteiger partial charge in [0.25, 0.3) is 0 Å². The Labute approximate surface area is 168 Å². The Morgan fingerprint density at radius 3 is 2.07 bits per heavy atom. The molecule has 0 saturated carbocycles. The van der Waals surface area contributed by atoms with Crippen molar-refractivity contribution in [1.82, 2.24) is 0 Å². The van der Waals surface area contributed by atoms with Gasteiger partial charge in [0.2, 0.25) is 0 Å². The smallest absolute Gasteiger partial charge is 0.343 e. The minimum atomic E-state index is -0.386. The van der Waals surface area contributed by atoms with Crippen LogP contribution in [-0.2, 0) is 0 Å². The number of benzene rings is 2. The van der Waals surface area contributed by atoms with Crippen molar-refractivity contribution in [3.8, 4) is 17.2 Å². The van der Waals surface area contributed by atoms with Crippen molar-refractivity contribution in [3.05, 3.63) is 54.1 Å². The second kappa shape index (κ2) is 12.1. The molecule has 0 aliphatic heterocycles. The first-order valence-electron chi connectivity index (χ1n) is 10.3. The average molecular weight is 385 g/mol. The molecule has 2 aromatic carbocycles. The van der Waals surface area contributed by atoms with Gasteiger partial charge in [0, 0.05) is 0 Å². The van der Waals surface area contributed by atoms with Crippen molar-refractivity contribution in [2.75, 3.05) is 13.2 Å². The van der Waals surface area contributed by atoms with Crippen LogP contribution < -0.4 is 14.2 Å². The molecule has 0 aliphatic rings. The third-order valence-electron chi connectivity index (χ3n) is 4.62. The summed E-state index contributed by atoms with van der Waals surface area (Å²) in [5, 5.41) is 0. The molecular weight excluding hydrogens is 352 g/mol. The number of hydrogen-bond acceptors (Lipinski definition) is 4. The molecule has 4 heteroatoms. The highest BCUT2D eigenvalue weighted by atomic mass is 16.5. The van der Waals surface area contributed by atoms with Crippen LogP contribution in [0.3, 0.4) is 0 Å². The Morgan fingerprint density at radius 1 is 0.821 bits per heavy atom. The quantitative estimate of drug-likeness (QED) is 0.245. The fraction of sp³-hybridized carbons (Fsp3) is 0.458. The molecular formula is C24H32O4. The van der Waals surface area contributed by atoms with Crippen molar-refractivity contribution in [2.45, 2.75) is 52.9 Å². The topological polar surface area (TPSA) is 44.8 Å². The summed E-state index contributed by atoms with van der Waals surface area (Å²) >= 11 is 0. The van der Waals surface area contributed by atoms with Gasteiger partial charge in [-0.05, 0) is 60.9 Å².